The predicted octanol–water partition coefficient (Wildman–Crippen LogP) is 7.49. The summed E-state index contributed by atoms with van der Waals surface area (Å²) in [7, 11) is 0. The number of para-hydroxylation sites is 1. The van der Waals surface area contributed by atoms with Crippen LogP contribution in [0.2, 0.25) is 20.1 Å². The third-order valence-corrected chi connectivity index (χ3v) is 5.00. The van der Waals surface area contributed by atoms with Crippen molar-refractivity contribution in [2.75, 3.05) is 5.32 Å². The molecule has 0 aliphatic carbocycles. The highest BCUT2D eigenvalue weighted by atomic mass is 35.5. The molecule has 0 unspecified atom stereocenters. The van der Waals surface area contributed by atoms with E-state index in [2.05, 4.69) is 5.32 Å². The summed E-state index contributed by atoms with van der Waals surface area (Å²) < 4.78 is 5.78. The van der Waals surface area contributed by atoms with Gasteiger partial charge in [0, 0.05) is 17.1 Å². The number of benzene rings is 3. The van der Waals surface area contributed by atoms with E-state index in [1.165, 1.54) is 0 Å². The van der Waals surface area contributed by atoms with Gasteiger partial charge in [-0.05, 0) is 35.9 Å². The average Bonchev–Trinajstić information content (AvgIpc) is 2.62. The van der Waals surface area contributed by atoms with Crippen molar-refractivity contribution in [3.8, 4) is 5.75 Å². The third-order valence-electron chi connectivity index (χ3n) is 3.74. The normalized spacial score (nSPS) is 10.6. The number of hydrogen-bond donors (Lipinski definition) is 1. The lowest BCUT2D eigenvalue weighted by atomic mass is 10.2. The first-order valence-electron chi connectivity index (χ1n) is 7.87. The molecule has 3 rings (SSSR count). The zero-order valence-corrected chi connectivity index (χ0v) is 16.6. The first-order valence-corrected chi connectivity index (χ1v) is 9.38. The molecule has 3 aromatic rings. The molecule has 26 heavy (non-hydrogen) atoms. The SMILES string of the molecule is Clc1ccccc1COc1c(Cl)cc(CNc2ccccc2Cl)cc1Cl. The number of ether oxygens (including phenoxy) is 1. The van der Waals surface area contributed by atoms with E-state index in [1.807, 2.05) is 60.7 Å². The van der Waals surface area contributed by atoms with Crippen LogP contribution in [-0.2, 0) is 13.2 Å². The molecule has 2 nitrogen and oxygen atoms in total. The number of hydrogen-bond acceptors (Lipinski definition) is 2. The second kappa shape index (κ2) is 8.88. The maximum absolute atomic E-state index is 6.36. The van der Waals surface area contributed by atoms with Crippen LogP contribution in [0.4, 0.5) is 5.69 Å². The predicted molar refractivity (Wildman–Crippen MR) is 111 cm³/mol. The Morgan fingerprint density at radius 1 is 0.731 bits per heavy atom. The van der Waals surface area contributed by atoms with Gasteiger partial charge in [-0.1, -0.05) is 76.7 Å². The fourth-order valence-electron chi connectivity index (χ4n) is 2.42. The van der Waals surface area contributed by atoms with Crippen LogP contribution in [0, 0.1) is 0 Å². The zero-order chi connectivity index (χ0) is 18.5. The summed E-state index contributed by atoms with van der Waals surface area (Å²) in [5.41, 5.74) is 2.64. The third kappa shape index (κ3) is 4.77. The maximum Gasteiger partial charge on any atom is 0.156 e. The van der Waals surface area contributed by atoms with E-state index < -0.39 is 0 Å². The molecule has 0 saturated carbocycles. The first-order chi connectivity index (χ1) is 12.5. The summed E-state index contributed by atoms with van der Waals surface area (Å²) >= 11 is 25.0. The van der Waals surface area contributed by atoms with Gasteiger partial charge in [-0.25, -0.2) is 0 Å². The average molecular weight is 427 g/mol. The smallest absolute Gasteiger partial charge is 0.156 e. The Bertz CT molecular complexity index is 891. The van der Waals surface area contributed by atoms with Crippen LogP contribution in [0.25, 0.3) is 0 Å². The van der Waals surface area contributed by atoms with Crippen molar-refractivity contribution >= 4 is 52.1 Å². The molecule has 0 heterocycles. The molecule has 3 aromatic carbocycles. The Labute approximate surface area is 172 Å². The lowest BCUT2D eigenvalue weighted by Gasteiger charge is -2.14. The van der Waals surface area contributed by atoms with Crippen molar-refractivity contribution in [2.45, 2.75) is 13.2 Å². The molecule has 6 heteroatoms. The van der Waals surface area contributed by atoms with Gasteiger partial charge in [0.1, 0.15) is 6.61 Å². The molecule has 0 fully saturated rings. The van der Waals surface area contributed by atoms with E-state index in [9.17, 15) is 0 Å². The summed E-state index contributed by atoms with van der Waals surface area (Å²) in [5.74, 6) is 0.440. The molecule has 0 aliphatic rings. The molecular weight excluding hydrogens is 412 g/mol. The summed E-state index contributed by atoms with van der Waals surface area (Å²) in [6.07, 6.45) is 0. The Morgan fingerprint density at radius 2 is 1.35 bits per heavy atom. The minimum Gasteiger partial charge on any atom is -0.486 e. The molecule has 0 aliphatic heterocycles. The fourth-order valence-corrected chi connectivity index (χ4v) is 3.45. The molecule has 0 atom stereocenters. The first kappa shape index (κ1) is 19.2. The molecule has 0 saturated heterocycles. The molecule has 0 aromatic heterocycles. The minimum absolute atomic E-state index is 0.288. The van der Waals surface area contributed by atoms with Gasteiger partial charge in [0.2, 0.25) is 0 Å². The quantitative estimate of drug-likeness (QED) is 0.440. The Balaban J connectivity index is 1.70. The lowest BCUT2D eigenvalue weighted by Crippen LogP contribution is -2.02. The minimum atomic E-state index is 0.288. The second-order valence-electron chi connectivity index (χ2n) is 5.60. The summed E-state index contributed by atoms with van der Waals surface area (Å²) in [6, 6.07) is 18.6. The van der Waals surface area contributed by atoms with Crippen molar-refractivity contribution < 1.29 is 4.74 Å². The standard InChI is InChI=1S/C20H15Cl4NO/c21-15-6-2-1-5-14(15)12-26-20-17(23)9-13(10-18(20)24)11-25-19-8-4-3-7-16(19)22/h1-10,25H,11-12H2. The zero-order valence-electron chi connectivity index (χ0n) is 13.6. The molecule has 0 amide bonds. The summed E-state index contributed by atoms with van der Waals surface area (Å²) in [6.45, 7) is 0.824. The van der Waals surface area contributed by atoms with Crippen LogP contribution in [0.5, 0.6) is 5.75 Å². The Morgan fingerprint density at radius 3 is 2.00 bits per heavy atom. The van der Waals surface area contributed by atoms with Crippen LogP contribution in [0.15, 0.2) is 60.7 Å². The van der Waals surface area contributed by atoms with E-state index in [1.54, 1.807) is 0 Å². The molecule has 0 radical (unpaired) electrons. The van der Waals surface area contributed by atoms with Crippen LogP contribution < -0.4 is 10.1 Å². The largest absolute Gasteiger partial charge is 0.486 e. The van der Waals surface area contributed by atoms with Gasteiger partial charge >= 0.3 is 0 Å². The highest BCUT2D eigenvalue weighted by molar-refractivity contribution is 6.37. The highest BCUT2D eigenvalue weighted by Crippen LogP contribution is 2.35. The van der Waals surface area contributed by atoms with Crippen molar-refractivity contribution in [3.05, 3.63) is 91.9 Å². The van der Waals surface area contributed by atoms with E-state index in [-0.39, 0.29) is 6.61 Å². The summed E-state index contributed by atoms with van der Waals surface area (Å²) in [5, 5.41) is 5.45. The number of rotatable bonds is 6. The maximum atomic E-state index is 6.36. The number of halogens is 4. The number of nitrogens with one attached hydrogen (secondary N) is 1. The highest BCUT2D eigenvalue weighted by Gasteiger charge is 2.11. The Kier molecular flexibility index (Phi) is 6.55. The van der Waals surface area contributed by atoms with Gasteiger partial charge < -0.3 is 10.1 Å². The van der Waals surface area contributed by atoms with Crippen molar-refractivity contribution in [1.29, 1.82) is 0 Å². The Hall–Kier alpha value is -1.58. The topological polar surface area (TPSA) is 21.3 Å². The second-order valence-corrected chi connectivity index (χ2v) is 7.23. The van der Waals surface area contributed by atoms with Gasteiger partial charge in [0.15, 0.2) is 5.75 Å². The van der Waals surface area contributed by atoms with Crippen molar-refractivity contribution in [1.82, 2.24) is 0 Å². The van der Waals surface area contributed by atoms with Gasteiger partial charge in [-0.2, -0.15) is 0 Å². The summed E-state index contributed by atoms with van der Waals surface area (Å²) in [4.78, 5) is 0. The van der Waals surface area contributed by atoms with Crippen LogP contribution in [0.1, 0.15) is 11.1 Å². The lowest BCUT2D eigenvalue weighted by molar-refractivity contribution is 0.306. The van der Waals surface area contributed by atoms with Crippen LogP contribution in [-0.4, -0.2) is 0 Å². The van der Waals surface area contributed by atoms with E-state index in [4.69, 9.17) is 51.1 Å². The molecule has 0 bridgehead atoms. The molecule has 134 valence electrons. The number of anilines is 1. The van der Waals surface area contributed by atoms with Gasteiger partial charge in [0.05, 0.1) is 20.8 Å². The molecule has 0 spiro atoms. The van der Waals surface area contributed by atoms with Crippen molar-refractivity contribution in [3.63, 3.8) is 0 Å². The van der Waals surface area contributed by atoms with E-state index in [0.717, 1.165) is 16.8 Å². The fraction of sp³-hybridized carbons (Fsp3) is 0.100. The van der Waals surface area contributed by atoms with Gasteiger partial charge in [0.25, 0.3) is 0 Å². The van der Waals surface area contributed by atoms with Gasteiger partial charge in [-0.15, -0.1) is 0 Å². The van der Waals surface area contributed by atoms with E-state index in [0.29, 0.717) is 32.4 Å². The van der Waals surface area contributed by atoms with Gasteiger partial charge in [-0.3, -0.25) is 0 Å². The molecule has 1 N–H and O–H groups in total. The molecular formula is C20H15Cl4NO. The van der Waals surface area contributed by atoms with E-state index >= 15 is 0 Å². The van der Waals surface area contributed by atoms with Crippen LogP contribution >= 0.6 is 46.4 Å². The monoisotopic (exact) mass is 425 g/mol. The van der Waals surface area contributed by atoms with Crippen molar-refractivity contribution in [2.24, 2.45) is 0 Å². The van der Waals surface area contributed by atoms with Crippen LogP contribution in [0.3, 0.4) is 0 Å².